The Morgan fingerprint density at radius 1 is 1.00 bits per heavy atom. The van der Waals surface area contributed by atoms with Gasteiger partial charge in [0.05, 0.1) is 31.7 Å². The van der Waals surface area contributed by atoms with Crippen LogP contribution in [0.3, 0.4) is 0 Å². The van der Waals surface area contributed by atoms with Crippen LogP contribution in [0.15, 0.2) is 51.8 Å². The highest BCUT2D eigenvalue weighted by Crippen LogP contribution is 2.29. The molecule has 31 heavy (non-hydrogen) atoms. The lowest BCUT2D eigenvalue weighted by Gasteiger charge is -2.32. The first-order valence-electron chi connectivity index (χ1n) is 9.56. The molecule has 1 aliphatic rings. The van der Waals surface area contributed by atoms with Gasteiger partial charge in [0, 0.05) is 4.47 Å². The molecular formula is C21H19BrF3N2O3S+. The molecule has 0 radical (unpaired) electrons. The van der Waals surface area contributed by atoms with Crippen LogP contribution in [0, 0.1) is 17.5 Å². The average Bonchev–Trinajstić information content (AvgIpc) is 2.74. The monoisotopic (exact) mass is 515 g/mol. The summed E-state index contributed by atoms with van der Waals surface area (Å²) in [6.07, 6.45) is 0. The van der Waals surface area contributed by atoms with Gasteiger partial charge in [0.25, 0.3) is 0 Å². The van der Waals surface area contributed by atoms with Gasteiger partial charge >= 0.3 is 0 Å². The van der Waals surface area contributed by atoms with Crippen LogP contribution in [0.5, 0.6) is 5.75 Å². The van der Waals surface area contributed by atoms with E-state index in [0.717, 1.165) is 36.1 Å². The van der Waals surface area contributed by atoms with Crippen LogP contribution >= 0.6 is 15.9 Å². The molecule has 0 aliphatic carbocycles. The highest BCUT2D eigenvalue weighted by molar-refractivity contribution is 9.10. The number of sulfonamides is 1. The summed E-state index contributed by atoms with van der Waals surface area (Å²) in [6, 6.07) is 10.6. The molecule has 10 heteroatoms. The van der Waals surface area contributed by atoms with Crippen LogP contribution in [0.4, 0.5) is 13.2 Å². The van der Waals surface area contributed by atoms with Crippen molar-refractivity contribution in [2.24, 2.45) is 0 Å². The van der Waals surface area contributed by atoms with Crippen molar-refractivity contribution < 1.29 is 31.6 Å². The third-order valence-electron chi connectivity index (χ3n) is 5.54. The Balaban J connectivity index is 1.52. The predicted molar refractivity (Wildman–Crippen MR) is 113 cm³/mol. The second-order valence-corrected chi connectivity index (χ2v) is 10.3. The van der Waals surface area contributed by atoms with Gasteiger partial charge in [-0.25, -0.2) is 21.6 Å². The zero-order valence-electron chi connectivity index (χ0n) is 16.2. The molecule has 0 bridgehead atoms. The first-order chi connectivity index (χ1) is 14.7. The van der Waals surface area contributed by atoms with Crippen LogP contribution in [0.1, 0.15) is 5.56 Å². The Morgan fingerprint density at radius 3 is 2.42 bits per heavy atom. The molecule has 0 aromatic heterocycles. The molecule has 5 nitrogen and oxygen atoms in total. The largest absolute Gasteiger partial charge is 0.507 e. The molecule has 164 valence electrons. The Bertz CT molecular complexity index is 1260. The van der Waals surface area contributed by atoms with Crippen LogP contribution in [-0.4, -0.2) is 44.0 Å². The summed E-state index contributed by atoms with van der Waals surface area (Å²) in [7, 11) is -4.29. The van der Waals surface area contributed by atoms with Gasteiger partial charge in [0.2, 0.25) is 10.0 Å². The minimum atomic E-state index is -4.29. The fraction of sp³-hybridized carbons (Fsp3) is 0.238. The minimum Gasteiger partial charge on any atom is -0.507 e. The standard InChI is InChI=1S/C21H18BrF3N2O3S/c22-14-2-3-15-13(11-14)1-5-18(28)16(15)12-26-7-9-27(10-8-26)31(29,30)19-6-4-17(23)20(24)21(19)25/h1-6,11,28H,7-10,12H2/p+1. The van der Waals surface area contributed by atoms with E-state index < -0.39 is 32.4 Å². The van der Waals surface area contributed by atoms with Crippen molar-refractivity contribution in [1.29, 1.82) is 0 Å². The van der Waals surface area contributed by atoms with Crippen LogP contribution < -0.4 is 4.90 Å². The molecule has 2 N–H and O–H groups in total. The zero-order chi connectivity index (χ0) is 22.3. The van der Waals surface area contributed by atoms with Crippen molar-refractivity contribution in [3.8, 4) is 5.75 Å². The highest BCUT2D eigenvalue weighted by atomic mass is 79.9. The van der Waals surface area contributed by atoms with Gasteiger partial charge in [0.15, 0.2) is 17.5 Å². The number of hydrogen-bond donors (Lipinski definition) is 2. The maximum absolute atomic E-state index is 14.0. The van der Waals surface area contributed by atoms with E-state index in [0.29, 0.717) is 25.7 Å². The highest BCUT2D eigenvalue weighted by Gasteiger charge is 2.34. The van der Waals surface area contributed by atoms with Crippen LogP contribution in [0.25, 0.3) is 10.8 Å². The number of benzene rings is 3. The molecule has 3 aromatic carbocycles. The number of nitrogens with one attached hydrogen (secondary N) is 1. The van der Waals surface area contributed by atoms with E-state index in [9.17, 15) is 26.7 Å². The maximum Gasteiger partial charge on any atom is 0.246 e. The molecule has 1 fully saturated rings. The summed E-state index contributed by atoms with van der Waals surface area (Å²) in [5, 5.41) is 12.3. The van der Waals surface area contributed by atoms with Crippen molar-refractivity contribution in [2.45, 2.75) is 11.4 Å². The van der Waals surface area contributed by atoms with Crippen molar-refractivity contribution >= 4 is 36.7 Å². The average molecular weight is 516 g/mol. The smallest absolute Gasteiger partial charge is 0.246 e. The number of piperazine rings is 1. The Kier molecular flexibility index (Phi) is 5.99. The Morgan fingerprint density at radius 2 is 1.71 bits per heavy atom. The molecule has 1 heterocycles. The number of quaternary nitrogens is 1. The van der Waals surface area contributed by atoms with E-state index in [1.807, 2.05) is 24.3 Å². The fourth-order valence-electron chi connectivity index (χ4n) is 3.86. The zero-order valence-corrected chi connectivity index (χ0v) is 18.6. The third kappa shape index (κ3) is 4.17. The maximum atomic E-state index is 14.0. The van der Waals surface area contributed by atoms with E-state index in [4.69, 9.17) is 0 Å². The van der Waals surface area contributed by atoms with Gasteiger partial charge in [-0.1, -0.05) is 28.1 Å². The van der Waals surface area contributed by atoms with Gasteiger partial charge < -0.3 is 10.0 Å². The molecule has 0 amide bonds. The van der Waals surface area contributed by atoms with Crippen molar-refractivity contribution in [3.05, 3.63) is 70.0 Å². The second kappa shape index (κ2) is 8.42. The first-order valence-corrected chi connectivity index (χ1v) is 11.8. The summed E-state index contributed by atoms with van der Waals surface area (Å²) < 4.78 is 68.2. The first kappa shape index (κ1) is 22.1. The SMILES string of the molecule is O=S(=O)(c1ccc(F)c(F)c1F)N1CC[NH+](Cc2c(O)ccc3cc(Br)ccc23)CC1. The van der Waals surface area contributed by atoms with Crippen molar-refractivity contribution in [3.63, 3.8) is 0 Å². The number of fused-ring (bicyclic) bond motifs is 1. The van der Waals surface area contributed by atoms with Crippen molar-refractivity contribution in [2.75, 3.05) is 26.2 Å². The third-order valence-corrected chi connectivity index (χ3v) is 7.95. The Hall–Kier alpha value is -2.14. The van der Waals surface area contributed by atoms with Gasteiger partial charge in [0.1, 0.15) is 17.2 Å². The van der Waals surface area contributed by atoms with E-state index >= 15 is 0 Å². The molecule has 0 spiro atoms. The molecule has 0 saturated carbocycles. The van der Waals surface area contributed by atoms with Gasteiger partial charge in [-0.15, -0.1) is 0 Å². The number of halogens is 4. The lowest BCUT2D eigenvalue weighted by molar-refractivity contribution is -0.917. The topological polar surface area (TPSA) is 62.0 Å². The molecule has 3 aromatic rings. The van der Waals surface area contributed by atoms with E-state index in [2.05, 4.69) is 15.9 Å². The molecule has 1 saturated heterocycles. The predicted octanol–water partition coefficient (Wildman–Crippen LogP) is 2.81. The summed E-state index contributed by atoms with van der Waals surface area (Å²) in [5.74, 6) is -4.78. The van der Waals surface area contributed by atoms with Gasteiger partial charge in [-0.2, -0.15) is 4.31 Å². The number of nitrogens with zero attached hydrogens (tertiary/aromatic N) is 1. The van der Waals surface area contributed by atoms with E-state index in [1.165, 1.54) is 0 Å². The minimum absolute atomic E-state index is 0.0905. The summed E-state index contributed by atoms with van der Waals surface area (Å²) >= 11 is 3.43. The summed E-state index contributed by atoms with van der Waals surface area (Å²) in [6.45, 7) is 1.49. The van der Waals surface area contributed by atoms with Crippen LogP contribution in [0.2, 0.25) is 0 Å². The van der Waals surface area contributed by atoms with Gasteiger partial charge in [-0.05, 0) is 41.1 Å². The Labute approximate surface area is 185 Å². The van der Waals surface area contributed by atoms with E-state index in [-0.39, 0.29) is 18.8 Å². The molecule has 4 rings (SSSR count). The van der Waals surface area contributed by atoms with Crippen molar-refractivity contribution in [1.82, 2.24) is 4.31 Å². The lowest BCUT2D eigenvalue weighted by Crippen LogP contribution is -3.13. The number of aromatic hydroxyl groups is 1. The molecule has 0 atom stereocenters. The quantitative estimate of drug-likeness (QED) is 0.525. The fourth-order valence-corrected chi connectivity index (χ4v) is 5.73. The second-order valence-electron chi connectivity index (χ2n) is 7.43. The number of rotatable bonds is 4. The number of phenols is 1. The number of phenolic OH excluding ortho intramolecular Hbond substituents is 1. The normalized spacial score (nSPS) is 16.1. The lowest BCUT2D eigenvalue weighted by atomic mass is 10.0. The van der Waals surface area contributed by atoms with Gasteiger partial charge in [-0.3, -0.25) is 0 Å². The molecule has 0 unspecified atom stereocenters. The van der Waals surface area contributed by atoms with Crippen LogP contribution in [-0.2, 0) is 16.6 Å². The number of hydrogen-bond acceptors (Lipinski definition) is 3. The summed E-state index contributed by atoms with van der Waals surface area (Å²) in [5.41, 5.74) is 0.767. The summed E-state index contributed by atoms with van der Waals surface area (Å²) in [4.78, 5) is 0.176. The van der Waals surface area contributed by atoms with E-state index in [1.54, 1.807) is 6.07 Å². The molecule has 1 aliphatic heterocycles. The molecular weight excluding hydrogens is 497 g/mol.